The number of hydrogen-bond acceptors (Lipinski definition) is 4. The zero-order valence-corrected chi connectivity index (χ0v) is 10.3. The highest BCUT2D eigenvalue weighted by Crippen LogP contribution is 2.08. The summed E-state index contributed by atoms with van der Waals surface area (Å²) in [5.41, 5.74) is 0. The fourth-order valence-electron chi connectivity index (χ4n) is 1.51. The van der Waals surface area contributed by atoms with E-state index in [1.54, 1.807) is 7.11 Å². The van der Waals surface area contributed by atoms with Gasteiger partial charge in [0.05, 0.1) is 6.20 Å². The lowest BCUT2D eigenvalue weighted by Gasteiger charge is -1.98. The van der Waals surface area contributed by atoms with E-state index in [1.807, 2.05) is 6.20 Å². The van der Waals surface area contributed by atoms with E-state index >= 15 is 0 Å². The standard InChI is InChI=1S/C12H22N2O2/c1-3-13-8-4-7-12-14-10-11(16-12)6-5-9-15-2/h10,13H,3-9H2,1-2H3. The van der Waals surface area contributed by atoms with Crippen LogP contribution in [0.1, 0.15) is 31.4 Å². The molecule has 0 aromatic carbocycles. The van der Waals surface area contributed by atoms with Crippen LogP contribution in [0, 0.1) is 0 Å². The van der Waals surface area contributed by atoms with Crippen LogP contribution in [0.25, 0.3) is 0 Å². The summed E-state index contributed by atoms with van der Waals surface area (Å²) in [6.45, 7) is 4.93. The third kappa shape index (κ3) is 5.28. The smallest absolute Gasteiger partial charge is 0.194 e. The van der Waals surface area contributed by atoms with Gasteiger partial charge in [-0.1, -0.05) is 6.92 Å². The molecule has 0 amide bonds. The second-order valence-corrected chi connectivity index (χ2v) is 3.77. The number of nitrogens with one attached hydrogen (secondary N) is 1. The highest BCUT2D eigenvalue weighted by molar-refractivity contribution is 4.94. The minimum atomic E-state index is 0.774. The van der Waals surface area contributed by atoms with E-state index in [-0.39, 0.29) is 0 Å². The zero-order valence-electron chi connectivity index (χ0n) is 10.3. The molecule has 1 N–H and O–H groups in total. The third-order valence-corrected chi connectivity index (χ3v) is 2.37. The first-order valence-corrected chi connectivity index (χ1v) is 6.00. The van der Waals surface area contributed by atoms with Crippen molar-refractivity contribution in [3.05, 3.63) is 17.8 Å². The van der Waals surface area contributed by atoms with Crippen LogP contribution in [0.2, 0.25) is 0 Å². The van der Waals surface area contributed by atoms with E-state index in [4.69, 9.17) is 9.15 Å². The highest BCUT2D eigenvalue weighted by Gasteiger charge is 2.03. The fraction of sp³-hybridized carbons (Fsp3) is 0.750. The van der Waals surface area contributed by atoms with E-state index < -0.39 is 0 Å². The summed E-state index contributed by atoms with van der Waals surface area (Å²) in [5, 5.41) is 3.28. The lowest BCUT2D eigenvalue weighted by molar-refractivity contribution is 0.193. The Kier molecular flexibility index (Phi) is 6.85. The second-order valence-electron chi connectivity index (χ2n) is 3.77. The predicted octanol–water partition coefficient (Wildman–Crippen LogP) is 1.80. The summed E-state index contributed by atoms with van der Waals surface area (Å²) in [6, 6.07) is 0. The van der Waals surface area contributed by atoms with Gasteiger partial charge >= 0.3 is 0 Å². The summed E-state index contributed by atoms with van der Waals surface area (Å²) in [4.78, 5) is 4.26. The van der Waals surface area contributed by atoms with Gasteiger partial charge in [0.15, 0.2) is 5.89 Å². The van der Waals surface area contributed by atoms with Crippen molar-refractivity contribution in [1.29, 1.82) is 0 Å². The lowest BCUT2D eigenvalue weighted by Crippen LogP contribution is -2.14. The molecule has 1 aromatic rings. The molecule has 1 rings (SSSR count). The van der Waals surface area contributed by atoms with Crippen molar-refractivity contribution in [2.45, 2.75) is 32.6 Å². The van der Waals surface area contributed by atoms with Crippen molar-refractivity contribution in [3.8, 4) is 0 Å². The first-order chi connectivity index (χ1) is 7.86. The summed E-state index contributed by atoms with van der Waals surface area (Å²) in [6.07, 6.45) is 5.72. The maximum absolute atomic E-state index is 5.62. The normalized spacial score (nSPS) is 10.9. The van der Waals surface area contributed by atoms with E-state index in [9.17, 15) is 0 Å². The Labute approximate surface area is 97.4 Å². The third-order valence-electron chi connectivity index (χ3n) is 2.37. The molecule has 0 atom stereocenters. The number of hydrogen-bond donors (Lipinski definition) is 1. The largest absolute Gasteiger partial charge is 0.446 e. The monoisotopic (exact) mass is 226 g/mol. The molecule has 0 fully saturated rings. The zero-order chi connectivity index (χ0) is 11.6. The van der Waals surface area contributed by atoms with Crippen LogP contribution in [-0.4, -0.2) is 31.8 Å². The molecule has 0 aliphatic rings. The first-order valence-electron chi connectivity index (χ1n) is 6.00. The van der Waals surface area contributed by atoms with E-state index in [1.165, 1.54) is 0 Å². The van der Waals surface area contributed by atoms with Crippen LogP contribution in [0.3, 0.4) is 0 Å². The lowest BCUT2D eigenvalue weighted by atomic mass is 10.3. The number of aromatic nitrogens is 1. The molecule has 0 saturated heterocycles. The Bertz CT molecular complexity index is 274. The van der Waals surface area contributed by atoms with Gasteiger partial charge in [0.1, 0.15) is 5.76 Å². The van der Waals surface area contributed by atoms with Crippen LogP contribution in [0.5, 0.6) is 0 Å². The second kappa shape index (κ2) is 8.30. The summed E-state index contributed by atoms with van der Waals surface area (Å²) < 4.78 is 10.6. The minimum absolute atomic E-state index is 0.774. The first kappa shape index (κ1) is 13.2. The van der Waals surface area contributed by atoms with Crippen LogP contribution in [0.15, 0.2) is 10.6 Å². The van der Waals surface area contributed by atoms with Crippen molar-refractivity contribution in [2.75, 3.05) is 26.8 Å². The van der Waals surface area contributed by atoms with E-state index in [2.05, 4.69) is 17.2 Å². The molecule has 4 heteroatoms. The molecule has 16 heavy (non-hydrogen) atoms. The number of oxazole rings is 1. The Morgan fingerprint density at radius 1 is 1.38 bits per heavy atom. The van der Waals surface area contributed by atoms with Gasteiger partial charge in [-0.25, -0.2) is 4.98 Å². The predicted molar refractivity (Wildman–Crippen MR) is 63.6 cm³/mol. The molecule has 4 nitrogen and oxygen atoms in total. The average Bonchev–Trinajstić information content (AvgIpc) is 2.73. The average molecular weight is 226 g/mol. The van der Waals surface area contributed by atoms with Crippen LogP contribution < -0.4 is 5.32 Å². The van der Waals surface area contributed by atoms with Crippen molar-refractivity contribution in [2.24, 2.45) is 0 Å². The molecule has 0 aliphatic heterocycles. The Balaban J connectivity index is 2.17. The van der Waals surface area contributed by atoms with Gasteiger partial charge in [0.25, 0.3) is 0 Å². The number of methoxy groups -OCH3 is 1. The minimum Gasteiger partial charge on any atom is -0.446 e. The van der Waals surface area contributed by atoms with E-state index in [0.717, 1.165) is 57.0 Å². The number of rotatable bonds is 9. The van der Waals surface area contributed by atoms with Crippen molar-refractivity contribution < 1.29 is 9.15 Å². The highest BCUT2D eigenvalue weighted by atomic mass is 16.5. The molecule has 0 radical (unpaired) electrons. The number of ether oxygens (including phenoxy) is 1. The number of nitrogens with zero attached hydrogens (tertiary/aromatic N) is 1. The topological polar surface area (TPSA) is 47.3 Å². The van der Waals surface area contributed by atoms with Crippen LogP contribution in [0.4, 0.5) is 0 Å². The van der Waals surface area contributed by atoms with Gasteiger partial charge < -0.3 is 14.5 Å². The van der Waals surface area contributed by atoms with Crippen molar-refractivity contribution in [1.82, 2.24) is 10.3 Å². The maximum Gasteiger partial charge on any atom is 0.194 e. The molecular formula is C12H22N2O2. The van der Waals surface area contributed by atoms with Gasteiger partial charge in [-0.15, -0.1) is 0 Å². The van der Waals surface area contributed by atoms with Crippen LogP contribution in [-0.2, 0) is 17.6 Å². The number of aryl methyl sites for hydroxylation is 2. The molecule has 0 saturated carbocycles. The van der Waals surface area contributed by atoms with Gasteiger partial charge in [0, 0.05) is 26.6 Å². The van der Waals surface area contributed by atoms with Crippen LogP contribution >= 0.6 is 0 Å². The van der Waals surface area contributed by atoms with Gasteiger partial charge in [-0.3, -0.25) is 0 Å². The van der Waals surface area contributed by atoms with Crippen molar-refractivity contribution in [3.63, 3.8) is 0 Å². The molecule has 0 aliphatic carbocycles. The SMILES string of the molecule is CCNCCCc1ncc(CCCOC)o1. The summed E-state index contributed by atoms with van der Waals surface area (Å²) >= 11 is 0. The quantitative estimate of drug-likeness (QED) is 0.652. The molecular weight excluding hydrogens is 204 g/mol. The van der Waals surface area contributed by atoms with Gasteiger partial charge in [0.2, 0.25) is 0 Å². The molecule has 92 valence electrons. The molecule has 0 unspecified atom stereocenters. The van der Waals surface area contributed by atoms with Crippen molar-refractivity contribution >= 4 is 0 Å². The molecule has 0 bridgehead atoms. The Hall–Kier alpha value is -0.870. The Morgan fingerprint density at radius 2 is 2.25 bits per heavy atom. The molecule has 1 aromatic heterocycles. The fourth-order valence-corrected chi connectivity index (χ4v) is 1.51. The maximum atomic E-state index is 5.62. The van der Waals surface area contributed by atoms with E-state index in [0.29, 0.717) is 0 Å². The molecule has 0 spiro atoms. The summed E-state index contributed by atoms with van der Waals surface area (Å²) in [7, 11) is 1.71. The van der Waals surface area contributed by atoms with Gasteiger partial charge in [-0.2, -0.15) is 0 Å². The molecule has 1 heterocycles. The summed E-state index contributed by atoms with van der Waals surface area (Å²) in [5.74, 6) is 1.82. The Morgan fingerprint density at radius 3 is 3.00 bits per heavy atom. The van der Waals surface area contributed by atoms with Gasteiger partial charge in [-0.05, 0) is 25.9 Å².